The zero-order valence-corrected chi connectivity index (χ0v) is 18.2. The van der Waals surface area contributed by atoms with Crippen LogP contribution in [0.2, 0.25) is 0 Å². The topological polar surface area (TPSA) is 78.0 Å². The molecule has 7 heteroatoms. The van der Waals surface area contributed by atoms with Crippen molar-refractivity contribution < 1.29 is 9.53 Å². The van der Waals surface area contributed by atoms with Crippen molar-refractivity contribution >= 4 is 12.1 Å². The molecule has 0 saturated heterocycles. The summed E-state index contributed by atoms with van der Waals surface area (Å²) in [6.45, 7) is 18.6. The highest BCUT2D eigenvalue weighted by molar-refractivity contribution is 5.79. The Balaban J connectivity index is 4.14. The molecule has 1 amide bonds. The van der Waals surface area contributed by atoms with Gasteiger partial charge >= 0.3 is 6.09 Å². The molecule has 0 saturated carbocycles. The van der Waals surface area contributed by atoms with Crippen molar-refractivity contribution in [2.45, 2.75) is 72.4 Å². The van der Waals surface area contributed by atoms with Crippen molar-refractivity contribution in [1.82, 2.24) is 20.9 Å². The van der Waals surface area contributed by atoms with Gasteiger partial charge in [-0.2, -0.15) is 0 Å². The van der Waals surface area contributed by atoms with Crippen LogP contribution in [0.3, 0.4) is 0 Å². The van der Waals surface area contributed by atoms with E-state index in [0.29, 0.717) is 6.54 Å². The Morgan fingerprint density at radius 2 is 1.65 bits per heavy atom. The van der Waals surface area contributed by atoms with E-state index in [1.54, 1.807) is 7.05 Å². The van der Waals surface area contributed by atoms with Crippen LogP contribution in [0.15, 0.2) is 4.99 Å². The van der Waals surface area contributed by atoms with Crippen molar-refractivity contribution in [2.24, 2.45) is 4.99 Å². The van der Waals surface area contributed by atoms with Crippen LogP contribution in [-0.4, -0.2) is 67.9 Å². The second kappa shape index (κ2) is 12.0. The van der Waals surface area contributed by atoms with E-state index in [1.165, 1.54) is 0 Å². The number of carbonyl (C=O) groups is 1. The average molecular weight is 372 g/mol. The Kier molecular flexibility index (Phi) is 11.3. The molecule has 0 radical (unpaired) electrons. The zero-order chi connectivity index (χ0) is 20.2. The third-order valence-electron chi connectivity index (χ3n) is 3.85. The molecule has 0 rings (SSSR count). The minimum atomic E-state index is -0.504. The summed E-state index contributed by atoms with van der Waals surface area (Å²) in [6, 6.07) is 0. The van der Waals surface area contributed by atoms with Crippen LogP contribution in [0.4, 0.5) is 4.79 Å². The largest absolute Gasteiger partial charge is 0.444 e. The average Bonchev–Trinajstić information content (AvgIpc) is 2.51. The lowest BCUT2D eigenvalue weighted by Gasteiger charge is -2.29. The first-order valence-electron chi connectivity index (χ1n) is 9.71. The van der Waals surface area contributed by atoms with Gasteiger partial charge in [0.05, 0.1) is 5.54 Å². The maximum Gasteiger partial charge on any atom is 0.408 e. The van der Waals surface area contributed by atoms with Crippen molar-refractivity contribution in [3.05, 3.63) is 0 Å². The van der Waals surface area contributed by atoms with E-state index in [9.17, 15) is 4.79 Å². The van der Waals surface area contributed by atoms with E-state index in [2.05, 4.69) is 39.7 Å². The Hall–Kier alpha value is -1.50. The molecule has 3 N–H and O–H groups in total. The standard InChI is InChI=1S/C19H41N5O2/c1-9-24(10-2)14-12-11-13-21-16(20-8)22-15-19(6,7)23-17(25)26-18(3,4)5/h9-15H2,1-8H3,(H,23,25)(H2,20,21,22). The van der Waals surface area contributed by atoms with E-state index in [-0.39, 0.29) is 0 Å². The lowest BCUT2D eigenvalue weighted by atomic mass is 10.1. The summed E-state index contributed by atoms with van der Waals surface area (Å²) >= 11 is 0. The number of ether oxygens (including phenoxy) is 1. The number of alkyl carbamates (subject to hydrolysis) is 1. The quantitative estimate of drug-likeness (QED) is 0.312. The highest BCUT2D eigenvalue weighted by atomic mass is 16.6. The van der Waals surface area contributed by atoms with Gasteiger partial charge in [0.1, 0.15) is 5.60 Å². The summed E-state index contributed by atoms with van der Waals surface area (Å²) in [5.41, 5.74) is -0.959. The number of aliphatic imine (C=N–C) groups is 1. The molecule has 0 spiro atoms. The summed E-state index contributed by atoms with van der Waals surface area (Å²) in [5, 5.41) is 9.46. The molecule has 0 unspecified atom stereocenters. The number of carbonyl (C=O) groups excluding carboxylic acids is 1. The summed E-state index contributed by atoms with van der Waals surface area (Å²) < 4.78 is 5.31. The van der Waals surface area contributed by atoms with E-state index in [4.69, 9.17) is 4.74 Å². The first kappa shape index (κ1) is 24.5. The van der Waals surface area contributed by atoms with Crippen LogP contribution in [0.25, 0.3) is 0 Å². The Bertz CT molecular complexity index is 426. The molecule has 26 heavy (non-hydrogen) atoms. The Morgan fingerprint density at radius 1 is 1.04 bits per heavy atom. The minimum absolute atomic E-state index is 0.413. The molecule has 0 heterocycles. The zero-order valence-electron chi connectivity index (χ0n) is 18.2. The Morgan fingerprint density at radius 3 is 2.15 bits per heavy atom. The van der Waals surface area contributed by atoms with Crippen molar-refractivity contribution in [3.63, 3.8) is 0 Å². The third kappa shape index (κ3) is 12.8. The highest BCUT2D eigenvalue weighted by Crippen LogP contribution is 2.09. The van der Waals surface area contributed by atoms with Crippen LogP contribution in [0, 0.1) is 0 Å². The minimum Gasteiger partial charge on any atom is -0.444 e. The molecular formula is C19H41N5O2. The fraction of sp³-hybridized carbons (Fsp3) is 0.895. The smallest absolute Gasteiger partial charge is 0.408 e. The molecule has 0 aliphatic heterocycles. The van der Waals surface area contributed by atoms with Gasteiger partial charge in [-0.25, -0.2) is 4.79 Å². The number of guanidine groups is 1. The number of unbranched alkanes of at least 4 members (excludes halogenated alkanes) is 1. The molecule has 0 aliphatic rings. The summed E-state index contributed by atoms with van der Waals surface area (Å²) in [5.74, 6) is 0.743. The van der Waals surface area contributed by atoms with Crippen molar-refractivity contribution in [3.8, 4) is 0 Å². The predicted molar refractivity (Wildman–Crippen MR) is 110 cm³/mol. The van der Waals surface area contributed by atoms with Crippen LogP contribution in [0.1, 0.15) is 61.3 Å². The molecule has 0 aliphatic carbocycles. The number of hydrogen-bond acceptors (Lipinski definition) is 4. The lowest BCUT2D eigenvalue weighted by molar-refractivity contribution is 0.0474. The number of hydrogen-bond donors (Lipinski definition) is 3. The molecule has 0 aromatic rings. The van der Waals surface area contributed by atoms with Gasteiger partial charge in [0.2, 0.25) is 0 Å². The molecule has 0 bridgehead atoms. The van der Waals surface area contributed by atoms with Crippen LogP contribution in [0.5, 0.6) is 0 Å². The van der Waals surface area contributed by atoms with E-state index < -0.39 is 17.2 Å². The monoisotopic (exact) mass is 371 g/mol. The molecule has 154 valence electrons. The second-order valence-electron chi connectivity index (χ2n) is 8.10. The molecule has 0 fully saturated rings. The second-order valence-corrected chi connectivity index (χ2v) is 8.10. The summed E-state index contributed by atoms with van der Waals surface area (Å²) in [4.78, 5) is 18.6. The van der Waals surface area contributed by atoms with Crippen LogP contribution < -0.4 is 16.0 Å². The molecule has 7 nitrogen and oxygen atoms in total. The van der Waals surface area contributed by atoms with Crippen molar-refractivity contribution in [1.29, 1.82) is 0 Å². The van der Waals surface area contributed by atoms with Crippen LogP contribution in [-0.2, 0) is 4.74 Å². The predicted octanol–water partition coefficient (Wildman–Crippen LogP) is 2.58. The SMILES string of the molecule is CCN(CC)CCCCNC(=NC)NCC(C)(C)NC(=O)OC(C)(C)C. The molecule has 0 aromatic heterocycles. The van der Waals surface area contributed by atoms with Gasteiger partial charge in [-0.3, -0.25) is 4.99 Å². The van der Waals surface area contributed by atoms with Gasteiger partial charge in [0.15, 0.2) is 5.96 Å². The number of nitrogens with one attached hydrogen (secondary N) is 3. The van der Waals surface area contributed by atoms with E-state index in [0.717, 1.165) is 45.0 Å². The fourth-order valence-electron chi connectivity index (χ4n) is 2.36. The van der Waals surface area contributed by atoms with E-state index >= 15 is 0 Å². The van der Waals surface area contributed by atoms with Gasteiger partial charge in [-0.1, -0.05) is 13.8 Å². The van der Waals surface area contributed by atoms with E-state index in [1.807, 2.05) is 34.6 Å². The number of rotatable bonds is 10. The summed E-state index contributed by atoms with van der Waals surface area (Å²) in [6.07, 6.45) is 1.84. The maximum absolute atomic E-state index is 11.9. The number of nitrogens with zero attached hydrogens (tertiary/aromatic N) is 2. The van der Waals surface area contributed by atoms with Crippen molar-refractivity contribution in [2.75, 3.05) is 39.8 Å². The van der Waals surface area contributed by atoms with Crippen LogP contribution >= 0.6 is 0 Å². The Labute approximate surface area is 160 Å². The third-order valence-corrected chi connectivity index (χ3v) is 3.85. The fourth-order valence-corrected chi connectivity index (χ4v) is 2.36. The van der Waals surface area contributed by atoms with Gasteiger partial charge < -0.3 is 25.6 Å². The van der Waals surface area contributed by atoms with Gasteiger partial charge in [0, 0.05) is 20.1 Å². The molecule has 0 atom stereocenters. The van der Waals surface area contributed by atoms with Gasteiger partial charge in [0.25, 0.3) is 0 Å². The summed E-state index contributed by atoms with van der Waals surface area (Å²) in [7, 11) is 1.75. The van der Waals surface area contributed by atoms with Gasteiger partial charge in [-0.05, 0) is 67.1 Å². The normalized spacial score (nSPS) is 12.9. The lowest BCUT2D eigenvalue weighted by Crippen LogP contribution is -2.54. The highest BCUT2D eigenvalue weighted by Gasteiger charge is 2.24. The van der Waals surface area contributed by atoms with Gasteiger partial charge in [-0.15, -0.1) is 0 Å². The molecular weight excluding hydrogens is 330 g/mol. The first-order valence-corrected chi connectivity index (χ1v) is 9.71. The maximum atomic E-state index is 11.9. The first-order chi connectivity index (χ1) is 12.0. The molecule has 0 aromatic carbocycles. The number of amides is 1.